The van der Waals surface area contributed by atoms with E-state index >= 15 is 0 Å². The van der Waals surface area contributed by atoms with Crippen molar-refractivity contribution in [3.05, 3.63) is 25.3 Å². The van der Waals surface area contributed by atoms with E-state index in [1.165, 1.54) is 0 Å². The van der Waals surface area contributed by atoms with Crippen molar-refractivity contribution in [3.8, 4) is 0 Å². The molecular weight excluding hydrogens is 112 g/mol. The van der Waals surface area contributed by atoms with Crippen molar-refractivity contribution in [2.24, 2.45) is 11.8 Å². The summed E-state index contributed by atoms with van der Waals surface area (Å²) >= 11 is 0. The van der Waals surface area contributed by atoms with Gasteiger partial charge in [0.05, 0.1) is 0 Å². The average molecular weight is 124 g/mol. The summed E-state index contributed by atoms with van der Waals surface area (Å²) in [4.78, 5) is 10.2. The molecule has 50 valence electrons. The molecule has 0 aliphatic rings. The molecule has 0 aliphatic heterocycles. The smallest absolute Gasteiger partial charge is 0.127 e. The van der Waals surface area contributed by atoms with Crippen LogP contribution in [-0.4, -0.2) is 6.29 Å². The normalized spacial score (nSPS) is 15.7. The van der Waals surface area contributed by atoms with Crippen molar-refractivity contribution >= 4 is 6.29 Å². The van der Waals surface area contributed by atoms with E-state index in [0.29, 0.717) is 0 Å². The molecule has 2 unspecified atom stereocenters. The van der Waals surface area contributed by atoms with Crippen LogP contribution in [0.25, 0.3) is 0 Å². The van der Waals surface area contributed by atoms with Crippen LogP contribution in [0.1, 0.15) is 6.92 Å². The second kappa shape index (κ2) is 4.07. The van der Waals surface area contributed by atoms with Gasteiger partial charge >= 0.3 is 0 Å². The van der Waals surface area contributed by atoms with Crippen molar-refractivity contribution in [2.75, 3.05) is 0 Å². The van der Waals surface area contributed by atoms with Gasteiger partial charge in [-0.25, -0.2) is 0 Å². The van der Waals surface area contributed by atoms with Crippen molar-refractivity contribution in [1.82, 2.24) is 0 Å². The van der Waals surface area contributed by atoms with Gasteiger partial charge in [-0.2, -0.15) is 0 Å². The highest BCUT2D eigenvalue weighted by Gasteiger charge is 2.07. The van der Waals surface area contributed by atoms with E-state index in [0.717, 1.165) is 6.29 Å². The fraction of sp³-hybridized carbons (Fsp3) is 0.375. The molecule has 0 radical (unpaired) electrons. The Hall–Kier alpha value is -0.850. The number of hydrogen-bond acceptors (Lipinski definition) is 1. The zero-order chi connectivity index (χ0) is 7.28. The van der Waals surface area contributed by atoms with E-state index < -0.39 is 0 Å². The predicted molar refractivity (Wildman–Crippen MR) is 39.1 cm³/mol. The van der Waals surface area contributed by atoms with E-state index in [4.69, 9.17) is 0 Å². The quantitative estimate of drug-likeness (QED) is 0.412. The summed E-state index contributed by atoms with van der Waals surface area (Å²) in [6.07, 6.45) is 4.28. The maximum Gasteiger partial charge on any atom is 0.127 e. The van der Waals surface area contributed by atoms with Gasteiger partial charge in [0.25, 0.3) is 0 Å². The number of carbonyl (C=O) groups excluding carboxylic acids is 1. The van der Waals surface area contributed by atoms with Crippen LogP contribution in [0.4, 0.5) is 0 Å². The fourth-order valence-electron chi connectivity index (χ4n) is 0.551. The zero-order valence-corrected chi connectivity index (χ0v) is 5.71. The van der Waals surface area contributed by atoms with Crippen molar-refractivity contribution in [2.45, 2.75) is 6.92 Å². The van der Waals surface area contributed by atoms with Gasteiger partial charge in [0.1, 0.15) is 6.29 Å². The molecule has 0 rings (SSSR count). The molecule has 0 heterocycles. The molecule has 0 fully saturated rings. The Morgan fingerprint density at radius 2 is 1.89 bits per heavy atom. The highest BCUT2D eigenvalue weighted by Crippen LogP contribution is 2.09. The number of hydrogen-bond donors (Lipinski definition) is 0. The molecule has 0 amide bonds. The largest absolute Gasteiger partial charge is 0.303 e. The lowest BCUT2D eigenvalue weighted by Crippen LogP contribution is -2.06. The Bertz CT molecular complexity index is 108. The molecule has 0 spiro atoms. The zero-order valence-electron chi connectivity index (χ0n) is 5.71. The summed E-state index contributed by atoms with van der Waals surface area (Å²) in [5.41, 5.74) is 0. The molecule has 0 aromatic rings. The summed E-state index contributed by atoms with van der Waals surface area (Å²) in [6, 6.07) is 0. The second-order valence-electron chi connectivity index (χ2n) is 2.04. The fourth-order valence-corrected chi connectivity index (χ4v) is 0.551. The Labute approximate surface area is 56.1 Å². The minimum absolute atomic E-state index is 0.0671. The summed E-state index contributed by atoms with van der Waals surface area (Å²) < 4.78 is 0. The number of aldehydes is 1. The molecule has 2 atom stereocenters. The predicted octanol–water partition coefficient (Wildman–Crippen LogP) is 1.81. The highest BCUT2D eigenvalue weighted by atomic mass is 16.1. The topological polar surface area (TPSA) is 17.1 Å². The van der Waals surface area contributed by atoms with Crippen LogP contribution >= 0.6 is 0 Å². The Morgan fingerprint density at radius 3 is 2.00 bits per heavy atom. The average Bonchev–Trinajstić information content (AvgIpc) is 1.90. The Morgan fingerprint density at radius 1 is 1.33 bits per heavy atom. The van der Waals surface area contributed by atoms with Crippen LogP contribution < -0.4 is 0 Å². The first-order valence-corrected chi connectivity index (χ1v) is 2.96. The maximum absolute atomic E-state index is 10.2. The van der Waals surface area contributed by atoms with Crippen molar-refractivity contribution in [1.29, 1.82) is 0 Å². The van der Waals surface area contributed by atoms with Crippen LogP contribution in [0.15, 0.2) is 25.3 Å². The van der Waals surface area contributed by atoms with Crippen molar-refractivity contribution < 1.29 is 4.79 Å². The summed E-state index contributed by atoms with van der Waals surface area (Å²) in [5, 5.41) is 0. The van der Waals surface area contributed by atoms with Gasteiger partial charge in [0.2, 0.25) is 0 Å². The molecule has 0 saturated heterocycles. The Balaban J connectivity index is 3.92. The van der Waals surface area contributed by atoms with Crippen LogP contribution in [0.5, 0.6) is 0 Å². The number of rotatable bonds is 4. The minimum Gasteiger partial charge on any atom is -0.303 e. The van der Waals surface area contributed by atoms with Gasteiger partial charge < -0.3 is 4.79 Å². The summed E-state index contributed by atoms with van der Waals surface area (Å²) in [7, 11) is 0. The van der Waals surface area contributed by atoms with Gasteiger partial charge in [-0.05, 0) is 5.92 Å². The molecule has 0 aromatic heterocycles. The summed E-state index contributed by atoms with van der Waals surface area (Å²) in [5.74, 6) is 0.141. The standard InChI is InChI=1S/C8H12O/c1-4-7(3)8(5-2)6-9/h4-8H,1-2H2,3H3. The van der Waals surface area contributed by atoms with Crippen LogP contribution in [-0.2, 0) is 4.79 Å². The third kappa shape index (κ3) is 2.27. The first-order valence-electron chi connectivity index (χ1n) is 2.96. The van der Waals surface area contributed by atoms with E-state index in [1.807, 2.05) is 6.92 Å². The molecule has 0 aliphatic carbocycles. The molecule has 0 N–H and O–H groups in total. The molecule has 1 heteroatoms. The first kappa shape index (κ1) is 8.15. The molecule has 0 aromatic carbocycles. The molecule has 0 saturated carbocycles. The number of carbonyl (C=O) groups is 1. The van der Waals surface area contributed by atoms with Gasteiger partial charge in [-0.3, -0.25) is 0 Å². The summed E-state index contributed by atoms with van der Waals surface area (Å²) in [6.45, 7) is 9.03. The minimum atomic E-state index is -0.0671. The van der Waals surface area contributed by atoms with Crippen LogP contribution in [0, 0.1) is 11.8 Å². The van der Waals surface area contributed by atoms with E-state index in [9.17, 15) is 4.79 Å². The maximum atomic E-state index is 10.2. The van der Waals surface area contributed by atoms with Crippen molar-refractivity contribution in [3.63, 3.8) is 0 Å². The monoisotopic (exact) mass is 124 g/mol. The number of allylic oxidation sites excluding steroid dienone is 2. The highest BCUT2D eigenvalue weighted by molar-refractivity contribution is 5.57. The van der Waals surface area contributed by atoms with Crippen LogP contribution in [0.3, 0.4) is 0 Å². The van der Waals surface area contributed by atoms with Gasteiger partial charge in [0.15, 0.2) is 0 Å². The molecular formula is C8H12O. The Kier molecular flexibility index (Phi) is 3.69. The lowest BCUT2D eigenvalue weighted by Gasteiger charge is -2.07. The SMILES string of the molecule is C=CC(C)C(C=C)C=O. The third-order valence-corrected chi connectivity index (χ3v) is 1.41. The second-order valence-corrected chi connectivity index (χ2v) is 2.04. The lowest BCUT2D eigenvalue weighted by atomic mass is 9.96. The first-order chi connectivity index (χ1) is 4.26. The molecule has 0 bridgehead atoms. The molecule has 1 nitrogen and oxygen atoms in total. The van der Waals surface area contributed by atoms with Gasteiger partial charge in [0, 0.05) is 5.92 Å². The van der Waals surface area contributed by atoms with Crippen LogP contribution in [0.2, 0.25) is 0 Å². The van der Waals surface area contributed by atoms with Gasteiger partial charge in [-0.1, -0.05) is 19.1 Å². The molecule has 9 heavy (non-hydrogen) atoms. The van der Waals surface area contributed by atoms with E-state index in [1.54, 1.807) is 12.2 Å². The van der Waals surface area contributed by atoms with Gasteiger partial charge in [-0.15, -0.1) is 13.2 Å². The lowest BCUT2D eigenvalue weighted by molar-refractivity contribution is -0.110. The third-order valence-electron chi connectivity index (χ3n) is 1.41. The van der Waals surface area contributed by atoms with E-state index in [-0.39, 0.29) is 11.8 Å². The van der Waals surface area contributed by atoms with E-state index in [2.05, 4.69) is 13.2 Å².